The van der Waals surface area contributed by atoms with Crippen LogP contribution >= 0.6 is 11.3 Å². The number of carbonyl (C=O) groups excluding carboxylic acids is 1. The number of aromatic nitrogens is 2. The van der Waals surface area contributed by atoms with E-state index in [1.165, 1.54) is 11.3 Å². The molecular weight excluding hydrogens is 408 g/mol. The fourth-order valence-corrected chi connectivity index (χ4v) is 4.89. The third kappa shape index (κ3) is 4.80. The second-order valence-electron chi connectivity index (χ2n) is 6.79. The standard InChI is InChI=1S/C20H22N4O3S2/c1-13-10-11-14(2)17(12-13)24(29(4,26)27)15(3)18(25)21-20-23-22-19(28-20)16-8-6-5-7-9-16/h5-12,15H,1-4H3,(H,21,23,25)/t15-/m0/s1. The average Bonchev–Trinajstić information content (AvgIpc) is 3.12. The minimum absolute atomic E-state index is 0.315. The Bertz CT molecular complexity index is 1130. The number of nitrogens with one attached hydrogen (secondary N) is 1. The summed E-state index contributed by atoms with van der Waals surface area (Å²) in [5, 5.41) is 11.8. The number of amides is 1. The lowest BCUT2D eigenvalue weighted by Crippen LogP contribution is -2.45. The Labute approximate surface area is 174 Å². The number of sulfonamides is 1. The van der Waals surface area contributed by atoms with E-state index in [1.54, 1.807) is 13.0 Å². The molecule has 0 radical (unpaired) electrons. The summed E-state index contributed by atoms with van der Waals surface area (Å²) in [6.45, 7) is 5.24. The van der Waals surface area contributed by atoms with Crippen LogP contribution in [-0.4, -0.2) is 36.8 Å². The third-order valence-electron chi connectivity index (χ3n) is 4.37. The van der Waals surface area contributed by atoms with Crippen LogP contribution < -0.4 is 9.62 Å². The fraction of sp³-hybridized carbons (Fsp3) is 0.250. The second-order valence-corrected chi connectivity index (χ2v) is 9.63. The van der Waals surface area contributed by atoms with Crippen molar-refractivity contribution in [3.05, 3.63) is 59.7 Å². The summed E-state index contributed by atoms with van der Waals surface area (Å²) in [4.78, 5) is 12.8. The van der Waals surface area contributed by atoms with Gasteiger partial charge in [0.05, 0.1) is 11.9 Å². The van der Waals surface area contributed by atoms with Gasteiger partial charge in [0.25, 0.3) is 0 Å². The predicted molar refractivity (Wildman–Crippen MR) is 117 cm³/mol. The lowest BCUT2D eigenvalue weighted by Gasteiger charge is -2.29. The average molecular weight is 431 g/mol. The van der Waals surface area contributed by atoms with Crippen molar-refractivity contribution in [2.45, 2.75) is 26.8 Å². The molecule has 0 aliphatic heterocycles. The molecule has 7 nitrogen and oxygen atoms in total. The summed E-state index contributed by atoms with van der Waals surface area (Å²) in [6.07, 6.45) is 1.09. The molecule has 1 heterocycles. The first-order valence-corrected chi connectivity index (χ1v) is 11.6. The summed E-state index contributed by atoms with van der Waals surface area (Å²) in [7, 11) is -3.69. The molecule has 29 heavy (non-hydrogen) atoms. The van der Waals surface area contributed by atoms with Gasteiger partial charge in [-0.3, -0.25) is 14.4 Å². The molecule has 0 saturated carbocycles. The maximum atomic E-state index is 12.8. The Morgan fingerprint density at radius 3 is 2.45 bits per heavy atom. The summed E-state index contributed by atoms with van der Waals surface area (Å²) in [6, 6.07) is 14.0. The van der Waals surface area contributed by atoms with Crippen LogP contribution in [-0.2, 0) is 14.8 Å². The van der Waals surface area contributed by atoms with Gasteiger partial charge in [-0.15, -0.1) is 10.2 Å². The smallest absolute Gasteiger partial charge is 0.249 e. The van der Waals surface area contributed by atoms with E-state index in [2.05, 4.69) is 15.5 Å². The van der Waals surface area contributed by atoms with E-state index in [0.717, 1.165) is 27.3 Å². The quantitative estimate of drug-likeness (QED) is 0.645. The first kappa shape index (κ1) is 20.9. The largest absolute Gasteiger partial charge is 0.299 e. The normalized spacial score (nSPS) is 12.4. The van der Waals surface area contributed by atoms with Crippen molar-refractivity contribution in [1.29, 1.82) is 0 Å². The highest BCUT2D eigenvalue weighted by Crippen LogP contribution is 2.28. The molecule has 0 bridgehead atoms. The topological polar surface area (TPSA) is 92.3 Å². The molecule has 2 aromatic carbocycles. The van der Waals surface area contributed by atoms with Gasteiger partial charge in [0.15, 0.2) is 0 Å². The number of hydrogen-bond donors (Lipinski definition) is 1. The van der Waals surface area contributed by atoms with Gasteiger partial charge in [0, 0.05) is 5.56 Å². The number of hydrogen-bond acceptors (Lipinski definition) is 6. The van der Waals surface area contributed by atoms with Crippen LogP contribution in [0.1, 0.15) is 18.1 Å². The van der Waals surface area contributed by atoms with Gasteiger partial charge in [-0.1, -0.05) is 53.8 Å². The molecule has 0 spiro atoms. The van der Waals surface area contributed by atoms with Crippen LogP contribution in [0.3, 0.4) is 0 Å². The lowest BCUT2D eigenvalue weighted by molar-refractivity contribution is -0.116. The first-order valence-electron chi connectivity index (χ1n) is 8.93. The fourth-order valence-electron chi connectivity index (χ4n) is 2.92. The zero-order valence-corrected chi connectivity index (χ0v) is 18.2. The van der Waals surface area contributed by atoms with Crippen LogP contribution in [0, 0.1) is 13.8 Å². The molecule has 1 aromatic heterocycles. The number of anilines is 2. The molecule has 1 amide bonds. The van der Waals surface area contributed by atoms with Crippen molar-refractivity contribution in [2.24, 2.45) is 0 Å². The Kier molecular flexibility index (Phi) is 5.99. The molecule has 9 heteroatoms. The van der Waals surface area contributed by atoms with Crippen molar-refractivity contribution in [3.8, 4) is 10.6 Å². The van der Waals surface area contributed by atoms with E-state index in [1.807, 2.05) is 56.3 Å². The van der Waals surface area contributed by atoms with Crippen LogP contribution in [0.2, 0.25) is 0 Å². The van der Waals surface area contributed by atoms with Gasteiger partial charge in [0.2, 0.25) is 21.1 Å². The molecule has 152 valence electrons. The Balaban J connectivity index is 1.85. The number of rotatable bonds is 6. The SMILES string of the molecule is Cc1ccc(C)c(N([C@@H](C)C(=O)Nc2nnc(-c3ccccc3)s2)S(C)(=O)=O)c1. The highest BCUT2D eigenvalue weighted by Gasteiger charge is 2.30. The van der Waals surface area contributed by atoms with Gasteiger partial charge in [-0.25, -0.2) is 8.42 Å². The zero-order valence-electron chi connectivity index (χ0n) is 16.6. The second kappa shape index (κ2) is 8.30. The first-order chi connectivity index (χ1) is 13.7. The van der Waals surface area contributed by atoms with Crippen LogP contribution in [0.4, 0.5) is 10.8 Å². The van der Waals surface area contributed by atoms with Crippen LogP contribution in [0.5, 0.6) is 0 Å². The Morgan fingerprint density at radius 1 is 1.10 bits per heavy atom. The molecule has 1 N–H and O–H groups in total. The highest BCUT2D eigenvalue weighted by atomic mass is 32.2. The van der Waals surface area contributed by atoms with Crippen molar-refractivity contribution in [1.82, 2.24) is 10.2 Å². The maximum Gasteiger partial charge on any atom is 0.249 e. The molecule has 3 aromatic rings. The van der Waals surface area contributed by atoms with Gasteiger partial charge in [-0.05, 0) is 38.0 Å². The molecule has 0 saturated heterocycles. The molecule has 0 unspecified atom stereocenters. The summed E-state index contributed by atoms with van der Waals surface area (Å²) < 4.78 is 26.1. The Morgan fingerprint density at radius 2 is 1.79 bits per heavy atom. The molecule has 0 aliphatic rings. The van der Waals surface area contributed by atoms with E-state index >= 15 is 0 Å². The number of benzene rings is 2. The van der Waals surface area contributed by atoms with Gasteiger partial charge < -0.3 is 0 Å². The van der Waals surface area contributed by atoms with E-state index < -0.39 is 22.0 Å². The molecule has 0 fully saturated rings. The highest BCUT2D eigenvalue weighted by molar-refractivity contribution is 7.92. The van der Waals surface area contributed by atoms with Crippen molar-refractivity contribution in [3.63, 3.8) is 0 Å². The van der Waals surface area contributed by atoms with E-state index in [0.29, 0.717) is 15.8 Å². The van der Waals surface area contributed by atoms with Crippen molar-refractivity contribution < 1.29 is 13.2 Å². The minimum Gasteiger partial charge on any atom is -0.299 e. The number of nitrogens with zero attached hydrogens (tertiary/aromatic N) is 3. The monoisotopic (exact) mass is 430 g/mol. The lowest BCUT2D eigenvalue weighted by atomic mass is 10.1. The molecule has 0 aliphatic carbocycles. The summed E-state index contributed by atoms with van der Waals surface area (Å²) in [5.74, 6) is -0.480. The van der Waals surface area contributed by atoms with Gasteiger partial charge in [0.1, 0.15) is 11.0 Å². The summed E-state index contributed by atoms with van der Waals surface area (Å²) in [5.41, 5.74) is 3.05. The van der Waals surface area contributed by atoms with E-state index in [-0.39, 0.29) is 0 Å². The predicted octanol–water partition coefficient (Wildman–Crippen LogP) is 3.62. The van der Waals surface area contributed by atoms with Gasteiger partial charge >= 0.3 is 0 Å². The van der Waals surface area contributed by atoms with Crippen LogP contribution in [0.15, 0.2) is 48.5 Å². The van der Waals surface area contributed by atoms with Crippen molar-refractivity contribution >= 4 is 38.1 Å². The Hall–Kier alpha value is -2.78. The minimum atomic E-state index is -3.69. The molecule has 1 atom stereocenters. The number of aryl methyl sites for hydroxylation is 2. The van der Waals surface area contributed by atoms with E-state index in [4.69, 9.17) is 0 Å². The molecular formula is C20H22N4O3S2. The molecule has 3 rings (SSSR count). The van der Waals surface area contributed by atoms with Crippen molar-refractivity contribution in [2.75, 3.05) is 15.9 Å². The third-order valence-corrected chi connectivity index (χ3v) is 6.48. The number of carbonyl (C=O) groups is 1. The van der Waals surface area contributed by atoms with Crippen LogP contribution in [0.25, 0.3) is 10.6 Å². The van der Waals surface area contributed by atoms with E-state index in [9.17, 15) is 13.2 Å². The zero-order chi connectivity index (χ0) is 21.2. The summed E-state index contributed by atoms with van der Waals surface area (Å²) >= 11 is 1.23. The van der Waals surface area contributed by atoms with Gasteiger partial charge in [-0.2, -0.15) is 0 Å². The maximum absolute atomic E-state index is 12.8.